The van der Waals surface area contributed by atoms with Gasteiger partial charge in [-0.05, 0) is 63.8 Å². The van der Waals surface area contributed by atoms with E-state index in [0.717, 1.165) is 29.4 Å². The monoisotopic (exact) mass is 313 g/mol. The highest BCUT2D eigenvalue weighted by atomic mass is 16.3. The summed E-state index contributed by atoms with van der Waals surface area (Å²) in [7, 11) is 0. The second kappa shape index (κ2) is 6.38. The summed E-state index contributed by atoms with van der Waals surface area (Å²) in [6.07, 6.45) is 6.98. The molecule has 1 aromatic heterocycles. The van der Waals surface area contributed by atoms with Crippen LogP contribution in [-0.2, 0) is 11.2 Å². The van der Waals surface area contributed by atoms with Crippen LogP contribution in [0.15, 0.2) is 22.8 Å². The second-order valence-electron chi connectivity index (χ2n) is 7.20. The van der Waals surface area contributed by atoms with Crippen LogP contribution >= 0.6 is 0 Å². The van der Waals surface area contributed by atoms with Crippen molar-refractivity contribution in [1.82, 2.24) is 4.90 Å². The molecule has 0 aliphatic heterocycles. The van der Waals surface area contributed by atoms with Crippen molar-refractivity contribution >= 4 is 16.9 Å². The quantitative estimate of drug-likeness (QED) is 0.814. The van der Waals surface area contributed by atoms with Crippen LogP contribution < -0.4 is 0 Å². The Bertz CT molecular complexity index is 708. The molecule has 23 heavy (non-hydrogen) atoms. The predicted molar refractivity (Wildman–Crippen MR) is 93.6 cm³/mol. The average molecular weight is 313 g/mol. The van der Waals surface area contributed by atoms with Crippen LogP contribution in [0.2, 0.25) is 0 Å². The molecule has 1 saturated carbocycles. The first-order valence-electron chi connectivity index (χ1n) is 8.76. The lowest BCUT2D eigenvalue weighted by Gasteiger charge is -2.33. The van der Waals surface area contributed by atoms with Crippen LogP contribution in [0.4, 0.5) is 0 Å². The van der Waals surface area contributed by atoms with Gasteiger partial charge in [-0.25, -0.2) is 0 Å². The van der Waals surface area contributed by atoms with Gasteiger partial charge in [0.05, 0.1) is 12.7 Å². The second-order valence-corrected chi connectivity index (χ2v) is 7.20. The third-order valence-corrected chi connectivity index (χ3v) is 5.17. The minimum absolute atomic E-state index is 0.229. The first-order valence-corrected chi connectivity index (χ1v) is 8.76. The Morgan fingerprint density at radius 1 is 1.22 bits per heavy atom. The lowest BCUT2D eigenvalue weighted by Crippen LogP contribution is -2.44. The lowest BCUT2D eigenvalue weighted by molar-refractivity contribution is -0.134. The molecule has 3 rings (SSSR count). The molecule has 1 aliphatic carbocycles. The van der Waals surface area contributed by atoms with Gasteiger partial charge in [-0.15, -0.1) is 0 Å². The molecule has 0 atom stereocenters. The van der Waals surface area contributed by atoms with Crippen molar-refractivity contribution in [2.24, 2.45) is 0 Å². The molecule has 3 heteroatoms. The first kappa shape index (κ1) is 16.1. The highest BCUT2D eigenvalue weighted by molar-refractivity contribution is 5.88. The summed E-state index contributed by atoms with van der Waals surface area (Å²) < 4.78 is 5.68. The molecule has 1 aromatic carbocycles. The third-order valence-electron chi connectivity index (χ3n) is 5.17. The zero-order valence-corrected chi connectivity index (χ0v) is 14.7. The molecule has 0 radical (unpaired) electrons. The smallest absolute Gasteiger partial charge is 0.227 e. The summed E-state index contributed by atoms with van der Waals surface area (Å²) in [5.74, 6) is 0.229. The zero-order chi connectivity index (χ0) is 16.6. The molecule has 0 saturated heterocycles. The molecular formula is C20H27NO2. The molecule has 0 unspecified atom stereocenters. The summed E-state index contributed by atoms with van der Waals surface area (Å²) >= 11 is 0. The van der Waals surface area contributed by atoms with Crippen LogP contribution in [0.1, 0.15) is 56.2 Å². The van der Waals surface area contributed by atoms with E-state index in [4.69, 9.17) is 4.42 Å². The number of benzene rings is 1. The van der Waals surface area contributed by atoms with E-state index in [9.17, 15) is 4.79 Å². The molecule has 0 N–H and O–H groups in total. The highest BCUT2D eigenvalue weighted by Gasteiger charge is 2.29. The molecule has 0 bridgehead atoms. The van der Waals surface area contributed by atoms with Crippen molar-refractivity contribution in [2.45, 2.75) is 71.9 Å². The van der Waals surface area contributed by atoms with Crippen LogP contribution in [-0.4, -0.2) is 22.9 Å². The average Bonchev–Trinajstić information content (AvgIpc) is 3.11. The van der Waals surface area contributed by atoms with Gasteiger partial charge in [0.15, 0.2) is 0 Å². The van der Waals surface area contributed by atoms with Crippen LogP contribution in [0.5, 0.6) is 0 Å². The number of carbonyl (C=O) groups is 1. The number of fused-ring (bicyclic) bond motifs is 1. The summed E-state index contributed by atoms with van der Waals surface area (Å²) in [6.45, 7) is 8.43. The van der Waals surface area contributed by atoms with E-state index in [2.05, 4.69) is 44.7 Å². The summed E-state index contributed by atoms with van der Waals surface area (Å²) in [4.78, 5) is 15.0. The minimum Gasteiger partial charge on any atom is -0.464 e. The van der Waals surface area contributed by atoms with Crippen molar-refractivity contribution in [3.8, 4) is 0 Å². The molecule has 124 valence electrons. The van der Waals surface area contributed by atoms with Gasteiger partial charge in [-0.3, -0.25) is 4.79 Å². The largest absolute Gasteiger partial charge is 0.464 e. The van der Waals surface area contributed by atoms with E-state index in [1.54, 1.807) is 6.26 Å². The van der Waals surface area contributed by atoms with Gasteiger partial charge in [0.1, 0.15) is 5.58 Å². The van der Waals surface area contributed by atoms with Crippen molar-refractivity contribution in [3.63, 3.8) is 0 Å². The van der Waals surface area contributed by atoms with Crippen LogP contribution in [0, 0.1) is 13.8 Å². The minimum atomic E-state index is 0.229. The topological polar surface area (TPSA) is 33.5 Å². The van der Waals surface area contributed by atoms with Crippen LogP contribution in [0.3, 0.4) is 0 Å². The lowest BCUT2D eigenvalue weighted by atomic mass is 10.0. The van der Waals surface area contributed by atoms with Crippen LogP contribution in [0.25, 0.3) is 11.0 Å². The van der Waals surface area contributed by atoms with E-state index >= 15 is 0 Å². The van der Waals surface area contributed by atoms with E-state index in [1.165, 1.54) is 24.0 Å². The fourth-order valence-corrected chi connectivity index (χ4v) is 3.82. The zero-order valence-electron chi connectivity index (χ0n) is 14.7. The molecule has 3 nitrogen and oxygen atoms in total. The number of aryl methyl sites for hydroxylation is 2. The van der Waals surface area contributed by atoms with Crippen molar-refractivity contribution in [2.75, 3.05) is 0 Å². The van der Waals surface area contributed by atoms with E-state index < -0.39 is 0 Å². The first-order chi connectivity index (χ1) is 11.0. The van der Waals surface area contributed by atoms with Gasteiger partial charge in [0, 0.05) is 23.0 Å². The summed E-state index contributed by atoms with van der Waals surface area (Å²) in [5.41, 5.74) is 4.35. The SMILES string of the molecule is Cc1cc2occ(CC(=O)N(C(C)C)C3CCCC3)c2cc1C. The maximum Gasteiger partial charge on any atom is 0.227 e. The predicted octanol–water partition coefficient (Wildman–Crippen LogP) is 4.77. The Morgan fingerprint density at radius 2 is 1.87 bits per heavy atom. The Kier molecular flexibility index (Phi) is 4.47. The number of hydrogen-bond acceptors (Lipinski definition) is 2. The number of carbonyl (C=O) groups excluding carboxylic acids is 1. The van der Waals surface area contributed by atoms with Crippen molar-refractivity contribution in [3.05, 3.63) is 35.1 Å². The highest BCUT2D eigenvalue weighted by Crippen LogP contribution is 2.28. The van der Waals surface area contributed by atoms with Crippen molar-refractivity contribution < 1.29 is 9.21 Å². The molecule has 1 heterocycles. The third kappa shape index (κ3) is 3.15. The van der Waals surface area contributed by atoms with Gasteiger partial charge >= 0.3 is 0 Å². The number of amides is 1. The van der Waals surface area contributed by atoms with Gasteiger partial charge in [0.25, 0.3) is 0 Å². The number of rotatable bonds is 4. The Morgan fingerprint density at radius 3 is 2.52 bits per heavy atom. The van der Waals surface area contributed by atoms with Crippen molar-refractivity contribution in [1.29, 1.82) is 0 Å². The maximum atomic E-state index is 12.9. The molecule has 1 fully saturated rings. The summed E-state index contributed by atoms with van der Waals surface area (Å²) in [6, 6.07) is 4.89. The molecule has 2 aromatic rings. The molecule has 1 amide bonds. The summed E-state index contributed by atoms with van der Waals surface area (Å²) in [5, 5.41) is 1.08. The van der Waals surface area contributed by atoms with E-state index in [0.29, 0.717) is 12.5 Å². The normalized spacial score (nSPS) is 15.7. The number of furan rings is 1. The Labute approximate surface area is 138 Å². The standard InChI is InChI=1S/C20H27NO2/c1-13(2)21(17-7-5-6-8-17)20(22)11-16-12-23-19-10-15(4)14(3)9-18(16)19/h9-10,12-13,17H,5-8,11H2,1-4H3. The Hall–Kier alpha value is -1.77. The van der Waals surface area contributed by atoms with E-state index in [1.807, 2.05) is 0 Å². The maximum absolute atomic E-state index is 12.9. The fourth-order valence-electron chi connectivity index (χ4n) is 3.82. The number of hydrogen-bond donors (Lipinski definition) is 0. The van der Waals surface area contributed by atoms with E-state index in [-0.39, 0.29) is 11.9 Å². The van der Waals surface area contributed by atoms with Gasteiger partial charge in [-0.1, -0.05) is 12.8 Å². The Balaban J connectivity index is 1.85. The molecular weight excluding hydrogens is 286 g/mol. The van der Waals surface area contributed by atoms with Gasteiger partial charge in [-0.2, -0.15) is 0 Å². The fraction of sp³-hybridized carbons (Fsp3) is 0.550. The molecule has 0 spiro atoms. The van der Waals surface area contributed by atoms with Gasteiger partial charge in [0.2, 0.25) is 5.91 Å². The van der Waals surface area contributed by atoms with Gasteiger partial charge < -0.3 is 9.32 Å². The number of nitrogens with zero attached hydrogens (tertiary/aromatic N) is 1. The molecule has 1 aliphatic rings.